The number of halogens is 1. The summed E-state index contributed by atoms with van der Waals surface area (Å²) in [7, 11) is 0. The Morgan fingerprint density at radius 2 is 1.80 bits per heavy atom. The number of phenols is 1. The molecule has 0 aliphatic heterocycles. The molecule has 1 aromatic carbocycles. The van der Waals surface area contributed by atoms with Crippen molar-refractivity contribution in [2.24, 2.45) is 5.73 Å². The van der Waals surface area contributed by atoms with Crippen LogP contribution in [0, 0.1) is 0 Å². The van der Waals surface area contributed by atoms with Crippen LogP contribution in [0.1, 0.15) is 10.5 Å². The highest BCUT2D eigenvalue weighted by molar-refractivity contribution is 9.09. The molecule has 2 nitrogen and oxygen atoms in total. The topological polar surface area (TPSA) is 46.2 Å². The number of phenolic OH excluding ortho intramolecular Hbond substituents is 1. The van der Waals surface area contributed by atoms with E-state index in [-0.39, 0.29) is 10.7 Å². The third kappa shape index (κ3) is 1.72. The highest BCUT2D eigenvalue weighted by atomic mass is 79.9. The average molecular weight is 202 g/mol. The summed E-state index contributed by atoms with van der Waals surface area (Å²) in [6.07, 6.45) is 0. The molecule has 0 heterocycles. The lowest BCUT2D eigenvalue weighted by Crippen LogP contribution is -2.00. The summed E-state index contributed by atoms with van der Waals surface area (Å²) in [6.45, 7) is 0. The van der Waals surface area contributed by atoms with E-state index in [1.165, 1.54) is 0 Å². The van der Waals surface area contributed by atoms with Crippen LogP contribution in [0.4, 0.5) is 0 Å². The molecule has 0 bridgehead atoms. The molecule has 10 heavy (non-hydrogen) atoms. The summed E-state index contributed by atoms with van der Waals surface area (Å²) in [5, 5.41) is 8.88. The molecule has 0 amide bonds. The summed E-state index contributed by atoms with van der Waals surface area (Å²) in [6, 6.07) is 6.76. The number of hydrogen-bond acceptors (Lipinski definition) is 2. The maximum Gasteiger partial charge on any atom is 0.115 e. The van der Waals surface area contributed by atoms with Gasteiger partial charge in [-0.05, 0) is 17.7 Å². The van der Waals surface area contributed by atoms with Crippen molar-refractivity contribution in [3.63, 3.8) is 0 Å². The normalized spacial score (nSPS) is 13.0. The van der Waals surface area contributed by atoms with E-state index in [1.54, 1.807) is 24.3 Å². The van der Waals surface area contributed by atoms with Crippen molar-refractivity contribution in [1.29, 1.82) is 0 Å². The second-order valence-electron chi connectivity index (χ2n) is 1.99. The molecule has 1 aromatic rings. The summed E-state index contributed by atoms with van der Waals surface area (Å²) in [4.78, 5) is -0.145. The van der Waals surface area contributed by atoms with Gasteiger partial charge in [-0.2, -0.15) is 0 Å². The second-order valence-corrected chi connectivity index (χ2v) is 2.98. The largest absolute Gasteiger partial charge is 0.508 e. The molecule has 3 heteroatoms. The molecule has 0 fully saturated rings. The molecule has 3 N–H and O–H groups in total. The summed E-state index contributed by atoms with van der Waals surface area (Å²) in [5.74, 6) is 0.261. The molecule has 0 radical (unpaired) electrons. The predicted octanol–water partition coefficient (Wildman–Crippen LogP) is 1.74. The molecule has 0 spiro atoms. The zero-order valence-corrected chi connectivity index (χ0v) is 6.88. The highest BCUT2D eigenvalue weighted by Crippen LogP contribution is 2.18. The molecular weight excluding hydrogens is 194 g/mol. The lowest BCUT2D eigenvalue weighted by Gasteiger charge is -2.01. The number of aromatic hydroxyl groups is 1. The zero-order valence-electron chi connectivity index (χ0n) is 5.29. The van der Waals surface area contributed by atoms with Crippen LogP contribution in [0.5, 0.6) is 5.75 Å². The molecule has 54 valence electrons. The fourth-order valence-electron chi connectivity index (χ4n) is 0.658. The minimum Gasteiger partial charge on any atom is -0.508 e. The van der Waals surface area contributed by atoms with Gasteiger partial charge in [0.15, 0.2) is 0 Å². The van der Waals surface area contributed by atoms with Crippen molar-refractivity contribution >= 4 is 15.9 Å². The van der Waals surface area contributed by atoms with Crippen molar-refractivity contribution in [2.75, 3.05) is 0 Å². The predicted molar refractivity (Wildman–Crippen MR) is 44.0 cm³/mol. The van der Waals surface area contributed by atoms with E-state index in [2.05, 4.69) is 15.9 Å². The first-order valence-electron chi connectivity index (χ1n) is 2.89. The standard InChI is InChI=1S/C7H8BrNO/c8-7(9)5-1-3-6(10)4-2-5/h1-4,7,10H,9H2. The molecule has 0 aliphatic rings. The second kappa shape index (κ2) is 3.03. The van der Waals surface area contributed by atoms with E-state index >= 15 is 0 Å². The van der Waals surface area contributed by atoms with Crippen LogP contribution in [0.2, 0.25) is 0 Å². The first kappa shape index (κ1) is 7.57. The van der Waals surface area contributed by atoms with Crippen molar-refractivity contribution < 1.29 is 5.11 Å². The number of hydrogen-bond donors (Lipinski definition) is 2. The first-order chi connectivity index (χ1) is 4.70. The van der Waals surface area contributed by atoms with Crippen molar-refractivity contribution in [1.82, 2.24) is 0 Å². The average Bonchev–Trinajstić information content (AvgIpc) is 1.88. The molecular formula is C7H8BrNO. The fraction of sp³-hybridized carbons (Fsp3) is 0.143. The van der Waals surface area contributed by atoms with Crippen molar-refractivity contribution in [3.05, 3.63) is 29.8 Å². The van der Waals surface area contributed by atoms with Crippen molar-refractivity contribution in [3.8, 4) is 5.75 Å². The van der Waals surface area contributed by atoms with Crippen LogP contribution >= 0.6 is 15.9 Å². The third-order valence-electron chi connectivity index (χ3n) is 1.21. The monoisotopic (exact) mass is 201 g/mol. The third-order valence-corrected chi connectivity index (χ3v) is 1.74. The number of benzene rings is 1. The minimum atomic E-state index is -0.145. The van der Waals surface area contributed by atoms with E-state index < -0.39 is 0 Å². The number of rotatable bonds is 1. The lowest BCUT2D eigenvalue weighted by molar-refractivity contribution is 0.475. The van der Waals surface area contributed by atoms with Gasteiger partial charge >= 0.3 is 0 Å². The highest BCUT2D eigenvalue weighted by Gasteiger charge is 1.98. The Morgan fingerprint density at radius 3 is 2.20 bits per heavy atom. The van der Waals surface area contributed by atoms with Gasteiger partial charge in [0.2, 0.25) is 0 Å². The van der Waals surface area contributed by atoms with E-state index in [4.69, 9.17) is 10.8 Å². The van der Waals surface area contributed by atoms with Gasteiger partial charge in [-0.25, -0.2) is 0 Å². The van der Waals surface area contributed by atoms with Gasteiger partial charge < -0.3 is 10.8 Å². The lowest BCUT2D eigenvalue weighted by atomic mass is 10.2. The Morgan fingerprint density at radius 1 is 1.30 bits per heavy atom. The Bertz CT molecular complexity index is 207. The Labute approximate surface area is 67.8 Å². The Hall–Kier alpha value is -0.540. The van der Waals surface area contributed by atoms with Gasteiger partial charge in [-0.1, -0.05) is 28.1 Å². The van der Waals surface area contributed by atoms with E-state index in [0.717, 1.165) is 5.56 Å². The number of alkyl halides is 1. The Balaban J connectivity index is 2.89. The minimum absolute atomic E-state index is 0.145. The number of nitrogens with two attached hydrogens (primary N) is 1. The molecule has 0 saturated heterocycles. The van der Waals surface area contributed by atoms with E-state index in [1.807, 2.05) is 0 Å². The molecule has 0 aliphatic carbocycles. The molecule has 1 atom stereocenters. The molecule has 0 saturated carbocycles. The zero-order chi connectivity index (χ0) is 7.56. The molecule has 1 rings (SSSR count). The Kier molecular flexibility index (Phi) is 2.29. The summed E-state index contributed by atoms with van der Waals surface area (Å²) >= 11 is 3.20. The van der Waals surface area contributed by atoms with Gasteiger partial charge in [0, 0.05) is 0 Å². The van der Waals surface area contributed by atoms with Crippen molar-refractivity contribution in [2.45, 2.75) is 4.95 Å². The fourth-order valence-corrected chi connectivity index (χ4v) is 0.963. The maximum atomic E-state index is 8.88. The van der Waals surface area contributed by atoms with Crippen LogP contribution in [0.25, 0.3) is 0 Å². The summed E-state index contributed by atoms with van der Waals surface area (Å²) < 4.78 is 0. The van der Waals surface area contributed by atoms with Crippen LogP contribution in [-0.4, -0.2) is 5.11 Å². The van der Waals surface area contributed by atoms with Crippen LogP contribution in [0.15, 0.2) is 24.3 Å². The van der Waals surface area contributed by atoms with Gasteiger partial charge in [0.25, 0.3) is 0 Å². The first-order valence-corrected chi connectivity index (χ1v) is 3.80. The molecule has 1 unspecified atom stereocenters. The summed E-state index contributed by atoms with van der Waals surface area (Å²) in [5.41, 5.74) is 6.46. The maximum absolute atomic E-state index is 8.88. The van der Waals surface area contributed by atoms with Crippen LogP contribution in [-0.2, 0) is 0 Å². The van der Waals surface area contributed by atoms with Gasteiger partial charge in [-0.15, -0.1) is 0 Å². The van der Waals surface area contributed by atoms with Crippen LogP contribution in [0.3, 0.4) is 0 Å². The van der Waals surface area contributed by atoms with E-state index in [9.17, 15) is 0 Å². The van der Waals surface area contributed by atoms with Gasteiger partial charge in [-0.3, -0.25) is 0 Å². The quantitative estimate of drug-likeness (QED) is 0.538. The van der Waals surface area contributed by atoms with Gasteiger partial charge in [0.05, 0.1) is 4.95 Å². The van der Waals surface area contributed by atoms with Gasteiger partial charge in [0.1, 0.15) is 5.75 Å². The van der Waals surface area contributed by atoms with Crippen LogP contribution < -0.4 is 5.73 Å². The van der Waals surface area contributed by atoms with E-state index in [0.29, 0.717) is 0 Å². The SMILES string of the molecule is NC(Br)c1ccc(O)cc1. The smallest absolute Gasteiger partial charge is 0.115 e. The molecule has 0 aromatic heterocycles.